The molecule has 3 nitrogen and oxygen atoms in total. The average molecular weight is 299 g/mol. The third-order valence-electron chi connectivity index (χ3n) is 3.21. The van der Waals surface area contributed by atoms with Crippen LogP contribution >= 0.6 is 23.4 Å². The van der Waals surface area contributed by atoms with E-state index in [9.17, 15) is 4.79 Å². The molecule has 19 heavy (non-hydrogen) atoms. The first kappa shape index (κ1) is 14.7. The van der Waals surface area contributed by atoms with Crippen LogP contribution in [-0.4, -0.2) is 35.7 Å². The third kappa shape index (κ3) is 4.71. The van der Waals surface area contributed by atoms with E-state index in [2.05, 4.69) is 0 Å². The zero-order chi connectivity index (χ0) is 13.7. The van der Waals surface area contributed by atoms with Crippen LogP contribution < -0.4 is 5.73 Å². The predicted octanol–water partition coefficient (Wildman–Crippen LogP) is 2.77. The molecule has 0 saturated carbocycles. The lowest BCUT2D eigenvalue weighted by molar-refractivity contribution is -0.131. The topological polar surface area (TPSA) is 46.3 Å². The predicted molar refractivity (Wildman–Crippen MR) is 80.6 cm³/mol. The molecule has 1 atom stereocenters. The molecule has 1 unspecified atom stereocenters. The summed E-state index contributed by atoms with van der Waals surface area (Å²) in [4.78, 5) is 15.1. The zero-order valence-electron chi connectivity index (χ0n) is 10.8. The normalized spacial score (nSPS) is 19.5. The van der Waals surface area contributed by atoms with E-state index >= 15 is 0 Å². The van der Waals surface area contributed by atoms with E-state index < -0.39 is 0 Å². The van der Waals surface area contributed by atoms with E-state index in [0.29, 0.717) is 13.0 Å². The summed E-state index contributed by atoms with van der Waals surface area (Å²) in [6.07, 6.45) is 2.63. The van der Waals surface area contributed by atoms with Gasteiger partial charge in [-0.15, -0.1) is 11.8 Å². The number of thioether (sulfide) groups is 1. The van der Waals surface area contributed by atoms with Crippen molar-refractivity contribution in [2.75, 3.05) is 18.8 Å². The summed E-state index contributed by atoms with van der Waals surface area (Å²) in [6.45, 7) is 1.57. The van der Waals surface area contributed by atoms with Gasteiger partial charge < -0.3 is 10.6 Å². The number of rotatable bonds is 4. The molecule has 104 valence electrons. The highest BCUT2D eigenvalue weighted by molar-refractivity contribution is 7.99. The van der Waals surface area contributed by atoms with Crippen molar-refractivity contribution >= 4 is 29.3 Å². The lowest BCUT2D eigenvalue weighted by Crippen LogP contribution is -2.45. The van der Waals surface area contributed by atoms with Crippen LogP contribution in [0.3, 0.4) is 0 Å². The van der Waals surface area contributed by atoms with Crippen LogP contribution in [0.15, 0.2) is 29.2 Å². The monoisotopic (exact) mass is 298 g/mol. The van der Waals surface area contributed by atoms with E-state index in [0.717, 1.165) is 35.1 Å². The number of carbonyl (C=O) groups is 1. The molecule has 1 aromatic carbocycles. The molecule has 0 spiro atoms. The zero-order valence-corrected chi connectivity index (χ0v) is 12.4. The van der Waals surface area contributed by atoms with E-state index in [-0.39, 0.29) is 11.9 Å². The van der Waals surface area contributed by atoms with Crippen molar-refractivity contribution in [2.24, 2.45) is 5.73 Å². The van der Waals surface area contributed by atoms with Crippen LogP contribution in [0.4, 0.5) is 0 Å². The summed E-state index contributed by atoms with van der Waals surface area (Å²) in [5.74, 6) is 1.02. The lowest BCUT2D eigenvalue weighted by atomic mass is 10.1. The fraction of sp³-hybridized carbons (Fsp3) is 0.500. The SMILES string of the molecule is NC1CCCN(C(=O)CCSc2ccc(Cl)cc2)C1. The number of carbonyl (C=O) groups excluding carboxylic acids is 1. The van der Waals surface area contributed by atoms with Gasteiger partial charge in [-0.2, -0.15) is 0 Å². The fourth-order valence-corrected chi connectivity index (χ4v) is 3.15. The Morgan fingerprint density at radius 2 is 2.16 bits per heavy atom. The molecule has 2 rings (SSSR count). The molecular weight excluding hydrogens is 280 g/mol. The second-order valence-corrected chi connectivity index (χ2v) is 6.40. The maximum atomic E-state index is 12.0. The summed E-state index contributed by atoms with van der Waals surface area (Å²) in [7, 11) is 0. The number of halogens is 1. The maximum absolute atomic E-state index is 12.0. The quantitative estimate of drug-likeness (QED) is 0.870. The Hall–Kier alpha value is -0.710. The molecular formula is C14H19ClN2OS. The third-order valence-corrected chi connectivity index (χ3v) is 4.47. The Bertz CT molecular complexity index is 424. The highest BCUT2D eigenvalue weighted by Gasteiger charge is 2.20. The summed E-state index contributed by atoms with van der Waals surface area (Å²) >= 11 is 7.51. The molecule has 2 N–H and O–H groups in total. The molecule has 0 aliphatic carbocycles. The van der Waals surface area contributed by atoms with E-state index in [4.69, 9.17) is 17.3 Å². The standard InChI is InChI=1S/C14H19ClN2OS/c15-11-3-5-13(6-4-11)19-9-7-14(18)17-8-1-2-12(16)10-17/h3-6,12H,1-2,7-10,16H2. The van der Waals surface area contributed by atoms with Gasteiger partial charge in [-0.3, -0.25) is 4.79 Å². The number of likely N-dealkylation sites (tertiary alicyclic amines) is 1. The van der Waals surface area contributed by atoms with Gasteiger partial charge >= 0.3 is 0 Å². The highest BCUT2D eigenvalue weighted by Crippen LogP contribution is 2.21. The second kappa shape index (κ2) is 7.17. The van der Waals surface area contributed by atoms with E-state index in [1.165, 1.54) is 0 Å². The van der Waals surface area contributed by atoms with Crippen LogP contribution in [0.5, 0.6) is 0 Å². The first-order valence-electron chi connectivity index (χ1n) is 6.57. The van der Waals surface area contributed by atoms with Crippen molar-refractivity contribution in [1.29, 1.82) is 0 Å². The Balaban J connectivity index is 1.73. The van der Waals surface area contributed by atoms with Crippen LogP contribution in [0.1, 0.15) is 19.3 Å². The van der Waals surface area contributed by atoms with Crippen molar-refractivity contribution < 1.29 is 4.79 Å². The molecule has 1 aliphatic rings. The van der Waals surface area contributed by atoms with Crippen LogP contribution in [0.2, 0.25) is 5.02 Å². The van der Waals surface area contributed by atoms with Gasteiger partial charge in [0, 0.05) is 41.2 Å². The number of piperidine rings is 1. The van der Waals surface area contributed by atoms with Crippen molar-refractivity contribution in [1.82, 2.24) is 4.90 Å². The van der Waals surface area contributed by atoms with Gasteiger partial charge in [0.1, 0.15) is 0 Å². The van der Waals surface area contributed by atoms with Crippen LogP contribution in [0.25, 0.3) is 0 Å². The molecule has 0 radical (unpaired) electrons. The van der Waals surface area contributed by atoms with E-state index in [1.54, 1.807) is 11.8 Å². The number of amides is 1. The molecule has 0 aromatic heterocycles. The Morgan fingerprint density at radius 3 is 2.84 bits per heavy atom. The molecule has 1 aliphatic heterocycles. The van der Waals surface area contributed by atoms with Gasteiger partial charge in [0.2, 0.25) is 5.91 Å². The Kier molecular flexibility index (Phi) is 5.55. The molecule has 1 saturated heterocycles. The van der Waals surface area contributed by atoms with Gasteiger partial charge in [0.15, 0.2) is 0 Å². The molecule has 5 heteroatoms. The minimum absolute atomic E-state index is 0.154. The fourth-order valence-electron chi connectivity index (χ4n) is 2.18. The number of hydrogen-bond acceptors (Lipinski definition) is 3. The Morgan fingerprint density at radius 1 is 1.42 bits per heavy atom. The number of nitrogens with two attached hydrogens (primary N) is 1. The first-order chi connectivity index (χ1) is 9.15. The van der Waals surface area contributed by atoms with Crippen molar-refractivity contribution in [3.8, 4) is 0 Å². The largest absolute Gasteiger partial charge is 0.341 e. The van der Waals surface area contributed by atoms with E-state index in [1.807, 2.05) is 29.2 Å². The first-order valence-corrected chi connectivity index (χ1v) is 7.93. The summed E-state index contributed by atoms with van der Waals surface area (Å²) in [5.41, 5.74) is 5.89. The average Bonchev–Trinajstić information content (AvgIpc) is 2.41. The van der Waals surface area contributed by atoms with Crippen molar-refractivity contribution in [3.05, 3.63) is 29.3 Å². The molecule has 0 bridgehead atoms. The smallest absolute Gasteiger partial charge is 0.223 e. The molecule has 1 fully saturated rings. The maximum Gasteiger partial charge on any atom is 0.223 e. The van der Waals surface area contributed by atoms with Gasteiger partial charge in [0.25, 0.3) is 0 Å². The summed E-state index contributed by atoms with van der Waals surface area (Å²) < 4.78 is 0. The highest BCUT2D eigenvalue weighted by atomic mass is 35.5. The van der Waals surface area contributed by atoms with Gasteiger partial charge in [-0.25, -0.2) is 0 Å². The number of hydrogen-bond donors (Lipinski definition) is 1. The van der Waals surface area contributed by atoms with Gasteiger partial charge in [0.05, 0.1) is 0 Å². The molecule has 1 amide bonds. The van der Waals surface area contributed by atoms with Gasteiger partial charge in [-0.1, -0.05) is 11.6 Å². The Labute approximate surface area is 123 Å². The molecule has 1 aromatic rings. The second-order valence-electron chi connectivity index (χ2n) is 4.79. The molecule has 1 heterocycles. The van der Waals surface area contributed by atoms with Crippen molar-refractivity contribution in [3.63, 3.8) is 0 Å². The minimum atomic E-state index is 0.154. The minimum Gasteiger partial charge on any atom is -0.341 e. The number of benzene rings is 1. The summed E-state index contributed by atoms with van der Waals surface area (Å²) in [6, 6.07) is 7.86. The van der Waals surface area contributed by atoms with Crippen LogP contribution in [0, 0.1) is 0 Å². The van der Waals surface area contributed by atoms with Gasteiger partial charge in [-0.05, 0) is 37.1 Å². The van der Waals surface area contributed by atoms with Crippen LogP contribution in [-0.2, 0) is 4.79 Å². The van der Waals surface area contributed by atoms with Crippen molar-refractivity contribution in [2.45, 2.75) is 30.2 Å². The number of nitrogens with zero attached hydrogens (tertiary/aromatic N) is 1. The lowest BCUT2D eigenvalue weighted by Gasteiger charge is -2.30. The summed E-state index contributed by atoms with van der Waals surface area (Å²) in [5, 5.41) is 0.739.